The molecule has 3 aromatic carbocycles. The molecule has 0 radical (unpaired) electrons. The van der Waals surface area contributed by atoms with E-state index >= 15 is 0 Å². The molecule has 0 bridgehead atoms. The van der Waals surface area contributed by atoms with E-state index < -0.39 is 17.8 Å². The number of esters is 1. The summed E-state index contributed by atoms with van der Waals surface area (Å²) in [7, 11) is 0. The molecule has 3 rings (SSSR count). The summed E-state index contributed by atoms with van der Waals surface area (Å²) >= 11 is 5.93. The summed E-state index contributed by atoms with van der Waals surface area (Å²) in [5.74, 6) is -2.55. The van der Waals surface area contributed by atoms with E-state index in [1.165, 1.54) is 25.1 Å². The van der Waals surface area contributed by atoms with Crippen LogP contribution in [0.5, 0.6) is 5.75 Å². The van der Waals surface area contributed by atoms with Crippen LogP contribution in [0.15, 0.2) is 77.9 Å². The second-order valence-corrected chi connectivity index (χ2v) is 7.68. The predicted octanol–water partition coefficient (Wildman–Crippen LogP) is 4.00. The Balaban J connectivity index is 1.64. The first-order valence-corrected chi connectivity index (χ1v) is 10.7. The highest BCUT2D eigenvalue weighted by Gasteiger charge is 2.16. The van der Waals surface area contributed by atoms with Crippen molar-refractivity contribution in [2.75, 3.05) is 10.6 Å². The fourth-order valence-electron chi connectivity index (χ4n) is 2.90. The van der Waals surface area contributed by atoms with Crippen molar-refractivity contribution in [3.05, 3.63) is 88.9 Å². The fourth-order valence-corrected chi connectivity index (χ4v) is 3.09. The molecule has 10 heteroatoms. The SMILES string of the molecule is CC(=O)Nc1ccc(NC(=O)C(=O)N/N=C(\C)c2ccccc2OC(=O)c2cccc(Cl)c2)cc1. The van der Waals surface area contributed by atoms with Crippen LogP contribution in [0.2, 0.25) is 5.02 Å². The van der Waals surface area contributed by atoms with Gasteiger partial charge in [0, 0.05) is 28.9 Å². The Morgan fingerprint density at radius 2 is 1.46 bits per heavy atom. The number of carbonyl (C=O) groups is 4. The van der Waals surface area contributed by atoms with Gasteiger partial charge in [-0.2, -0.15) is 5.10 Å². The first-order valence-electron chi connectivity index (χ1n) is 10.3. The molecule has 35 heavy (non-hydrogen) atoms. The van der Waals surface area contributed by atoms with Crippen molar-refractivity contribution >= 4 is 52.4 Å². The summed E-state index contributed by atoms with van der Waals surface area (Å²) in [5.41, 5.74) is 4.11. The van der Waals surface area contributed by atoms with E-state index in [9.17, 15) is 19.2 Å². The van der Waals surface area contributed by atoms with Gasteiger partial charge in [0.2, 0.25) is 5.91 Å². The lowest BCUT2D eigenvalue weighted by molar-refractivity contribution is -0.136. The van der Waals surface area contributed by atoms with Crippen molar-refractivity contribution < 1.29 is 23.9 Å². The molecule has 178 valence electrons. The lowest BCUT2D eigenvalue weighted by Gasteiger charge is -2.10. The molecular formula is C25H21ClN4O5. The topological polar surface area (TPSA) is 126 Å². The number of nitrogens with one attached hydrogen (secondary N) is 3. The summed E-state index contributed by atoms with van der Waals surface area (Å²) in [6.45, 7) is 2.97. The Morgan fingerprint density at radius 3 is 2.11 bits per heavy atom. The average Bonchev–Trinajstić information content (AvgIpc) is 2.83. The highest BCUT2D eigenvalue weighted by molar-refractivity contribution is 6.39. The molecule has 0 aromatic heterocycles. The minimum Gasteiger partial charge on any atom is -0.422 e. The molecule has 0 aliphatic rings. The van der Waals surface area contributed by atoms with E-state index in [1.807, 2.05) is 0 Å². The van der Waals surface area contributed by atoms with Gasteiger partial charge in [0.15, 0.2) is 0 Å². The molecule has 3 N–H and O–H groups in total. The van der Waals surface area contributed by atoms with Crippen LogP contribution in [0, 0.1) is 0 Å². The number of ether oxygens (including phenoxy) is 1. The standard InChI is InChI=1S/C25H21ClN4O5/c1-15(21-8-3-4-9-22(21)35-25(34)17-6-5-7-18(26)14-17)29-30-24(33)23(32)28-20-12-10-19(11-13-20)27-16(2)31/h3-14H,1-2H3,(H,27,31)(H,28,32)(H,30,33)/b29-15+. The second kappa shape index (κ2) is 11.6. The number of hydrogen-bond acceptors (Lipinski definition) is 6. The number of carbonyl (C=O) groups excluding carboxylic acids is 4. The summed E-state index contributed by atoms with van der Waals surface area (Å²) in [5, 5.41) is 9.38. The van der Waals surface area contributed by atoms with Crippen molar-refractivity contribution in [1.82, 2.24) is 5.43 Å². The summed E-state index contributed by atoms with van der Waals surface area (Å²) in [4.78, 5) is 47.9. The number of hydrogen-bond donors (Lipinski definition) is 3. The van der Waals surface area contributed by atoms with Crippen LogP contribution in [-0.4, -0.2) is 29.4 Å². The minimum atomic E-state index is -0.997. The van der Waals surface area contributed by atoms with E-state index in [-0.39, 0.29) is 17.2 Å². The fraction of sp³-hybridized carbons (Fsp3) is 0.0800. The summed E-state index contributed by atoms with van der Waals surface area (Å²) in [6.07, 6.45) is 0. The van der Waals surface area contributed by atoms with E-state index in [1.54, 1.807) is 61.5 Å². The smallest absolute Gasteiger partial charge is 0.343 e. The Hall–Kier alpha value is -4.50. The quantitative estimate of drug-likeness (QED) is 0.158. The molecule has 3 aromatic rings. The van der Waals surface area contributed by atoms with Crippen LogP contribution in [-0.2, 0) is 14.4 Å². The first-order chi connectivity index (χ1) is 16.7. The summed E-state index contributed by atoms with van der Waals surface area (Å²) in [6, 6.07) is 19.2. The van der Waals surface area contributed by atoms with E-state index in [0.29, 0.717) is 27.7 Å². The number of anilines is 2. The highest BCUT2D eigenvalue weighted by Crippen LogP contribution is 2.21. The van der Waals surface area contributed by atoms with Crippen LogP contribution >= 0.6 is 11.6 Å². The van der Waals surface area contributed by atoms with E-state index in [0.717, 1.165) is 0 Å². The third-order valence-electron chi connectivity index (χ3n) is 4.53. The molecular weight excluding hydrogens is 472 g/mol. The Morgan fingerprint density at radius 1 is 0.800 bits per heavy atom. The van der Waals surface area contributed by atoms with Crippen LogP contribution in [0.3, 0.4) is 0 Å². The number of halogens is 1. The van der Waals surface area contributed by atoms with Gasteiger partial charge in [0.1, 0.15) is 5.75 Å². The zero-order chi connectivity index (χ0) is 25.4. The lowest BCUT2D eigenvalue weighted by Crippen LogP contribution is -2.33. The van der Waals surface area contributed by atoms with Crippen molar-refractivity contribution in [3.63, 3.8) is 0 Å². The minimum absolute atomic E-state index is 0.219. The van der Waals surface area contributed by atoms with Crippen molar-refractivity contribution in [2.24, 2.45) is 5.10 Å². The van der Waals surface area contributed by atoms with Crippen molar-refractivity contribution in [3.8, 4) is 5.75 Å². The number of amides is 3. The van der Waals surface area contributed by atoms with Gasteiger partial charge in [0.25, 0.3) is 0 Å². The lowest BCUT2D eigenvalue weighted by atomic mass is 10.1. The Kier molecular flexibility index (Phi) is 8.31. The molecule has 0 fully saturated rings. The van der Waals surface area contributed by atoms with Gasteiger partial charge >= 0.3 is 17.8 Å². The first kappa shape index (κ1) is 25.1. The molecule has 0 aliphatic carbocycles. The zero-order valence-electron chi connectivity index (χ0n) is 18.8. The van der Waals surface area contributed by atoms with Crippen LogP contribution < -0.4 is 20.8 Å². The van der Waals surface area contributed by atoms with Crippen LogP contribution in [0.4, 0.5) is 11.4 Å². The van der Waals surface area contributed by atoms with E-state index in [2.05, 4.69) is 21.2 Å². The Labute approximate surface area is 206 Å². The van der Waals surface area contributed by atoms with E-state index in [4.69, 9.17) is 16.3 Å². The molecule has 9 nitrogen and oxygen atoms in total. The van der Waals surface area contributed by atoms with Crippen molar-refractivity contribution in [1.29, 1.82) is 0 Å². The zero-order valence-corrected chi connectivity index (χ0v) is 19.6. The monoisotopic (exact) mass is 492 g/mol. The maximum atomic E-state index is 12.5. The van der Waals surface area contributed by atoms with Gasteiger partial charge in [-0.1, -0.05) is 29.8 Å². The average molecular weight is 493 g/mol. The van der Waals surface area contributed by atoms with Crippen molar-refractivity contribution in [2.45, 2.75) is 13.8 Å². The molecule has 0 spiro atoms. The number of hydrazone groups is 1. The maximum Gasteiger partial charge on any atom is 0.343 e. The molecule has 0 atom stereocenters. The second-order valence-electron chi connectivity index (χ2n) is 7.25. The highest BCUT2D eigenvalue weighted by atomic mass is 35.5. The number of para-hydroxylation sites is 1. The van der Waals surface area contributed by atoms with Gasteiger partial charge in [-0.3, -0.25) is 14.4 Å². The van der Waals surface area contributed by atoms with Gasteiger partial charge in [0.05, 0.1) is 11.3 Å². The molecule has 0 saturated heterocycles. The van der Waals surface area contributed by atoms with Gasteiger partial charge < -0.3 is 15.4 Å². The predicted molar refractivity (Wildman–Crippen MR) is 133 cm³/mol. The van der Waals surface area contributed by atoms with Crippen LogP contribution in [0.1, 0.15) is 29.8 Å². The molecule has 0 saturated carbocycles. The molecule has 3 amide bonds. The summed E-state index contributed by atoms with van der Waals surface area (Å²) < 4.78 is 5.48. The molecule has 0 unspecified atom stereocenters. The third kappa shape index (κ3) is 7.24. The number of rotatable bonds is 6. The Bertz CT molecular complexity index is 1310. The van der Waals surface area contributed by atoms with Gasteiger partial charge in [-0.15, -0.1) is 0 Å². The van der Waals surface area contributed by atoms with Crippen LogP contribution in [0.25, 0.3) is 0 Å². The molecule has 0 aliphatic heterocycles. The normalized spacial score (nSPS) is 10.8. The maximum absolute atomic E-state index is 12.5. The van der Waals surface area contributed by atoms with Gasteiger partial charge in [-0.05, 0) is 61.5 Å². The number of benzene rings is 3. The molecule has 0 heterocycles. The largest absolute Gasteiger partial charge is 0.422 e. The third-order valence-corrected chi connectivity index (χ3v) is 4.77. The number of nitrogens with zero attached hydrogens (tertiary/aromatic N) is 1. The van der Waals surface area contributed by atoms with Gasteiger partial charge in [-0.25, -0.2) is 10.2 Å².